The van der Waals surface area contributed by atoms with Gasteiger partial charge in [-0.2, -0.15) is 0 Å². The molecule has 0 bridgehead atoms. The molecule has 0 aliphatic carbocycles. The van der Waals surface area contributed by atoms with Gasteiger partial charge in [-0.05, 0) is 30.3 Å². The van der Waals surface area contributed by atoms with Crippen LogP contribution in [0.15, 0.2) is 40.6 Å². The molecule has 1 heterocycles. The van der Waals surface area contributed by atoms with Crippen LogP contribution in [0.1, 0.15) is 10.4 Å². The van der Waals surface area contributed by atoms with Crippen molar-refractivity contribution in [3.05, 3.63) is 56.9 Å². The van der Waals surface area contributed by atoms with E-state index in [1.807, 2.05) is 0 Å². The first kappa shape index (κ1) is 19.9. The standard InChI is InChI=1S/C16H16Cl2N2O3S2/c1-20(2)25(22,23)16-9-6-11(24-16)10-19-15(21)8-7-12-13(17)4-3-5-14(12)18/h3-9H,10H2,1-2H3,(H,19,21). The van der Waals surface area contributed by atoms with E-state index in [1.54, 1.807) is 24.3 Å². The van der Waals surface area contributed by atoms with Crippen LogP contribution in [0.25, 0.3) is 6.08 Å². The molecule has 0 fully saturated rings. The molecule has 0 aliphatic rings. The number of carbonyl (C=O) groups excluding carboxylic acids is 1. The van der Waals surface area contributed by atoms with Gasteiger partial charge in [0.1, 0.15) is 4.21 Å². The summed E-state index contributed by atoms with van der Waals surface area (Å²) >= 11 is 13.2. The van der Waals surface area contributed by atoms with Gasteiger partial charge in [-0.25, -0.2) is 12.7 Å². The zero-order chi connectivity index (χ0) is 18.6. The van der Waals surface area contributed by atoms with Crippen molar-refractivity contribution in [2.24, 2.45) is 0 Å². The second kappa shape index (κ2) is 8.33. The molecule has 0 saturated carbocycles. The Kier molecular flexibility index (Phi) is 6.65. The molecule has 1 N–H and O–H groups in total. The molecule has 1 aromatic carbocycles. The van der Waals surface area contributed by atoms with Crippen molar-refractivity contribution in [3.63, 3.8) is 0 Å². The van der Waals surface area contributed by atoms with Crippen LogP contribution in [0.2, 0.25) is 10.0 Å². The molecule has 0 spiro atoms. The van der Waals surface area contributed by atoms with Crippen molar-refractivity contribution in [3.8, 4) is 0 Å². The number of amides is 1. The predicted molar refractivity (Wildman–Crippen MR) is 103 cm³/mol. The Morgan fingerprint density at radius 1 is 1.20 bits per heavy atom. The van der Waals surface area contributed by atoms with Gasteiger partial charge in [-0.3, -0.25) is 4.79 Å². The highest BCUT2D eigenvalue weighted by Crippen LogP contribution is 2.25. The third-order valence-corrected chi connectivity index (χ3v) is 7.24. The average Bonchev–Trinajstić information content (AvgIpc) is 3.02. The highest BCUT2D eigenvalue weighted by atomic mass is 35.5. The minimum absolute atomic E-state index is 0.229. The molecule has 9 heteroatoms. The van der Waals surface area contributed by atoms with Crippen molar-refractivity contribution >= 4 is 56.5 Å². The van der Waals surface area contributed by atoms with Crippen LogP contribution in [-0.4, -0.2) is 32.7 Å². The molecule has 0 saturated heterocycles. The summed E-state index contributed by atoms with van der Waals surface area (Å²) in [5.41, 5.74) is 0.566. The summed E-state index contributed by atoms with van der Waals surface area (Å²) in [7, 11) is -0.508. The summed E-state index contributed by atoms with van der Waals surface area (Å²) < 4.78 is 25.4. The maximum absolute atomic E-state index is 12.0. The Labute approximate surface area is 160 Å². The first-order chi connectivity index (χ1) is 11.7. The molecule has 0 unspecified atom stereocenters. The molecular weight excluding hydrogens is 403 g/mol. The molecule has 0 aliphatic heterocycles. The van der Waals surface area contributed by atoms with E-state index in [-0.39, 0.29) is 16.7 Å². The number of thiophene rings is 1. The molecular formula is C16H16Cl2N2O3S2. The average molecular weight is 419 g/mol. The second-order valence-electron chi connectivity index (χ2n) is 5.19. The normalized spacial score (nSPS) is 12.0. The van der Waals surface area contributed by atoms with Gasteiger partial charge in [0.25, 0.3) is 10.0 Å². The molecule has 25 heavy (non-hydrogen) atoms. The summed E-state index contributed by atoms with van der Waals surface area (Å²) in [4.78, 5) is 12.7. The van der Waals surface area contributed by atoms with Crippen LogP contribution < -0.4 is 5.32 Å². The first-order valence-corrected chi connectivity index (χ1v) is 10.1. The zero-order valence-corrected chi connectivity index (χ0v) is 16.6. The summed E-state index contributed by atoms with van der Waals surface area (Å²) in [6, 6.07) is 8.29. The monoisotopic (exact) mass is 418 g/mol. The summed E-state index contributed by atoms with van der Waals surface area (Å²) in [6.07, 6.45) is 2.87. The minimum Gasteiger partial charge on any atom is -0.348 e. The van der Waals surface area contributed by atoms with E-state index < -0.39 is 10.0 Å². The van der Waals surface area contributed by atoms with E-state index in [9.17, 15) is 13.2 Å². The Hall–Kier alpha value is -1.38. The molecule has 5 nitrogen and oxygen atoms in total. The van der Waals surface area contributed by atoms with Crippen LogP contribution in [0, 0.1) is 0 Å². The van der Waals surface area contributed by atoms with Gasteiger partial charge in [0.15, 0.2) is 0 Å². The number of halogens is 2. The SMILES string of the molecule is CN(C)S(=O)(=O)c1ccc(CNC(=O)C=Cc2c(Cl)cccc2Cl)s1. The van der Waals surface area contributed by atoms with Gasteiger partial charge in [0, 0.05) is 40.7 Å². The molecule has 0 radical (unpaired) electrons. The molecule has 2 aromatic rings. The third-order valence-electron chi connectivity index (χ3n) is 3.21. The number of hydrogen-bond donors (Lipinski definition) is 1. The highest BCUT2D eigenvalue weighted by Gasteiger charge is 2.19. The van der Waals surface area contributed by atoms with E-state index in [2.05, 4.69) is 5.32 Å². The lowest BCUT2D eigenvalue weighted by Gasteiger charge is -2.08. The van der Waals surface area contributed by atoms with Crippen molar-refractivity contribution in [1.82, 2.24) is 9.62 Å². The Morgan fingerprint density at radius 3 is 2.44 bits per heavy atom. The number of nitrogens with one attached hydrogen (secondary N) is 1. The fourth-order valence-corrected chi connectivity index (χ4v) is 4.82. The third kappa shape index (κ3) is 5.05. The molecule has 2 rings (SSSR count). The van der Waals surface area contributed by atoms with Gasteiger partial charge >= 0.3 is 0 Å². The molecule has 0 atom stereocenters. The van der Waals surface area contributed by atoms with Gasteiger partial charge in [-0.15, -0.1) is 11.3 Å². The number of nitrogens with zero attached hydrogens (tertiary/aromatic N) is 1. The number of carbonyl (C=O) groups is 1. The van der Waals surface area contributed by atoms with Gasteiger partial charge in [-0.1, -0.05) is 29.3 Å². The molecule has 1 amide bonds. The van der Waals surface area contributed by atoms with Crippen molar-refractivity contribution in [2.75, 3.05) is 14.1 Å². The van der Waals surface area contributed by atoms with Gasteiger partial charge < -0.3 is 5.32 Å². The molecule has 134 valence electrons. The van der Waals surface area contributed by atoms with Crippen LogP contribution in [0.4, 0.5) is 0 Å². The maximum atomic E-state index is 12.0. The molecule has 1 aromatic heterocycles. The Bertz CT molecular complexity index is 886. The Balaban J connectivity index is 1.99. The summed E-state index contributed by atoms with van der Waals surface area (Å²) in [6.45, 7) is 0.229. The van der Waals surface area contributed by atoms with Crippen LogP contribution >= 0.6 is 34.5 Å². The van der Waals surface area contributed by atoms with Crippen LogP contribution in [0.5, 0.6) is 0 Å². The van der Waals surface area contributed by atoms with Crippen molar-refractivity contribution in [1.29, 1.82) is 0 Å². The fraction of sp³-hybridized carbons (Fsp3) is 0.188. The van der Waals surface area contributed by atoms with Gasteiger partial charge in [0.05, 0.1) is 6.54 Å². The minimum atomic E-state index is -3.45. The number of rotatable bonds is 6. The van der Waals surface area contributed by atoms with Crippen molar-refractivity contribution < 1.29 is 13.2 Å². The first-order valence-electron chi connectivity index (χ1n) is 7.13. The Morgan fingerprint density at radius 2 is 1.84 bits per heavy atom. The lowest BCUT2D eigenvalue weighted by Crippen LogP contribution is -2.21. The van der Waals surface area contributed by atoms with Gasteiger partial charge in [0.2, 0.25) is 5.91 Å². The van der Waals surface area contributed by atoms with Crippen molar-refractivity contribution in [2.45, 2.75) is 10.8 Å². The van der Waals surface area contributed by atoms with E-state index in [4.69, 9.17) is 23.2 Å². The fourth-order valence-electron chi connectivity index (χ4n) is 1.83. The summed E-state index contributed by atoms with van der Waals surface area (Å²) in [5.74, 6) is -0.332. The maximum Gasteiger partial charge on any atom is 0.252 e. The van der Waals surface area contributed by atoms with E-state index >= 15 is 0 Å². The lowest BCUT2D eigenvalue weighted by atomic mass is 10.2. The van der Waals surface area contributed by atoms with Crippen LogP contribution in [-0.2, 0) is 21.4 Å². The topological polar surface area (TPSA) is 66.5 Å². The largest absolute Gasteiger partial charge is 0.348 e. The van der Waals surface area contributed by atoms with E-state index in [0.29, 0.717) is 15.6 Å². The quantitative estimate of drug-likeness (QED) is 0.728. The smallest absolute Gasteiger partial charge is 0.252 e. The number of sulfonamides is 1. The zero-order valence-electron chi connectivity index (χ0n) is 13.5. The predicted octanol–water partition coefficient (Wildman–Crippen LogP) is 3.63. The number of hydrogen-bond acceptors (Lipinski definition) is 4. The lowest BCUT2D eigenvalue weighted by molar-refractivity contribution is -0.116. The van der Waals surface area contributed by atoms with Crippen LogP contribution in [0.3, 0.4) is 0 Å². The number of benzene rings is 1. The second-order valence-corrected chi connectivity index (χ2v) is 9.56. The van der Waals surface area contributed by atoms with E-state index in [0.717, 1.165) is 20.5 Å². The summed E-state index contributed by atoms with van der Waals surface area (Å²) in [5, 5.41) is 3.60. The van der Waals surface area contributed by atoms with E-state index in [1.165, 1.54) is 32.3 Å². The highest BCUT2D eigenvalue weighted by molar-refractivity contribution is 7.91.